The van der Waals surface area contributed by atoms with Crippen LogP contribution in [0.4, 0.5) is 0 Å². The summed E-state index contributed by atoms with van der Waals surface area (Å²) in [6.07, 6.45) is 51.8. The number of carbonyl (C=O) groups excluding carboxylic acids is 1. The molecule has 0 radical (unpaired) electrons. The van der Waals surface area contributed by atoms with Gasteiger partial charge in [-0.05, 0) is 44.9 Å². The number of hydrogen-bond acceptors (Lipinski definition) is 4. The molecule has 0 aliphatic heterocycles. The first-order valence-electron chi connectivity index (χ1n) is 22.3. The molecule has 1 amide bonds. The van der Waals surface area contributed by atoms with Crippen LogP contribution in [0.15, 0.2) is 36.5 Å². The van der Waals surface area contributed by atoms with E-state index in [1.165, 1.54) is 161 Å². The van der Waals surface area contributed by atoms with Crippen molar-refractivity contribution in [2.45, 2.75) is 244 Å². The van der Waals surface area contributed by atoms with Crippen LogP contribution < -0.4 is 5.32 Å². The quantitative estimate of drug-likeness (QED) is 0.0375. The predicted octanol–water partition coefficient (Wildman–Crippen LogP) is 12.8. The van der Waals surface area contributed by atoms with E-state index >= 15 is 0 Å². The number of rotatable bonds is 40. The van der Waals surface area contributed by atoms with Crippen LogP contribution in [-0.4, -0.2) is 46.1 Å². The van der Waals surface area contributed by atoms with E-state index in [0.29, 0.717) is 6.42 Å². The number of amides is 1. The van der Waals surface area contributed by atoms with Crippen molar-refractivity contribution in [2.24, 2.45) is 0 Å². The second-order valence-electron chi connectivity index (χ2n) is 15.2. The van der Waals surface area contributed by atoms with Gasteiger partial charge in [0.1, 0.15) is 6.10 Å². The van der Waals surface area contributed by atoms with Crippen LogP contribution in [-0.2, 0) is 4.79 Å². The van der Waals surface area contributed by atoms with Gasteiger partial charge in [0, 0.05) is 0 Å². The second-order valence-corrected chi connectivity index (χ2v) is 15.2. The van der Waals surface area contributed by atoms with Crippen molar-refractivity contribution in [3.8, 4) is 0 Å². The Morgan fingerprint density at radius 1 is 0.471 bits per heavy atom. The zero-order valence-corrected chi connectivity index (χ0v) is 34.0. The Balaban J connectivity index is 3.69. The molecule has 5 heteroatoms. The zero-order chi connectivity index (χ0) is 37.3. The van der Waals surface area contributed by atoms with Gasteiger partial charge in [-0.25, -0.2) is 0 Å². The van der Waals surface area contributed by atoms with Crippen molar-refractivity contribution in [3.63, 3.8) is 0 Å². The Bertz CT molecular complexity index is 794. The minimum Gasteiger partial charge on any atom is -0.394 e. The molecule has 0 spiro atoms. The van der Waals surface area contributed by atoms with Gasteiger partial charge in [0.2, 0.25) is 5.91 Å². The molecule has 51 heavy (non-hydrogen) atoms. The average molecular weight is 718 g/mol. The van der Waals surface area contributed by atoms with Gasteiger partial charge >= 0.3 is 0 Å². The van der Waals surface area contributed by atoms with Gasteiger partial charge in [0.25, 0.3) is 0 Å². The summed E-state index contributed by atoms with van der Waals surface area (Å²) >= 11 is 0. The molecule has 4 N–H and O–H groups in total. The van der Waals surface area contributed by atoms with Gasteiger partial charge in [-0.2, -0.15) is 0 Å². The lowest BCUT2D eigenvalue weighted by Crippen LogP contribution is -2.48. The molecular weight excluding hydrogens is 631 g/mol. The summed E-state index contributed by atoms with van der Waals surface area (Å²) in [7, 11) is 0. The topological polar surface area (TPSA) is 89.8 Å². The molecule has 0 fully saturated rings. The van der Waals surface area contributed by atoms with Crippen molar-refractivity contribution < 1.29 is 20.1 Å². The van der Waals surface area contributed by atoms with Crippen LogP contribution in [0.5, 0.6) is 0 Å². The standard InChI is InChI=1S/C46H87NO4/c1-3-5-7-9-11-13-15-17-19-21-22-23-24-25-27-29-31-33-35-37-39-41-45(50)46(51)47-43(42-48)44(49)40-38-36-34-32-30-28-26-20-18-16-14-12-10-8-6-4-2/h18,20,30,32,38,40,43-45,48-50H,3-17,19,21-29,31,33-37,39,41-42H2,1-2H3,(H,47,51)/b20-18+,32-30+,40-38+. The Hall–Kier alpha value is -1.43. The van der Waals surface area contributed by atoms with Crippen LogP contribution >= 0.6 is 0 Å². The fourth-order valence-corrected chi connectivity index (χ4v) is 6.69. The summed E-state index contributed by atoms with van der Waals surface area (Å²) < 4.78 is 0. The molecule has 0 saturated carbocycles. The van der Waals surface area contributed by atoms with Crippen molar-refractivity contribution in [1.82, 2.24) is 5.32 Å². The predicted molar refractivity (Wildman–Crippen MR) is 222 cm³/mol. The Morgan fingerprint density at radius 2 is 0.804 bits per heavy atom. The van der Waals surface area contributed by atoms with E-state index in [0.717, 1.165) is 44.9 Å². The van der Waals surface area contributed by atoms with E-state index in [9.17, 15) is 20.1 Å². The molecule has 0 rings (SSSR count). The third-order valence-electron chi connectivity index (χ3n) is 10.2. The number of hydrogen-bond donors (Lipinski definition) is 4. The Kier molecular flexibility index (Phi) is 40.2. The zero-order valence-electron chi connectivity index (χ0n) is 34.0. The highest BCUT2D eigenvalue weighted by Gasteiger charge is 2.22. The summed E-state index contributed by atoms with van der Waals surface area (Å²) in [6, 6.07) is -0.818. The number of aliphatic hydroxyl groups is 3. The molecule has 0 saturated heterocycles. The van der Waals surface area contributed by atoms with Gasteiger partial charge in [-0.3, -0.25) is 4.79 Å². The highest BCUT2D eigenvalue weighted by Crippen LogP contribution is 2.16. The molecule has 0 heterocycles. The van der Waals surface area contributed by atoms with E-state index in [2.05, 4.69) is 43.5 Å². The molecule has 0 aromatic heterocycles. The maximum atomic E-state index is 12.5. The van der Waals surface area contributed by atoms with E-state index in [4.69, 9.17) is 0 Å². The highest BCUT2D eigenvalue weighted by molar-refractivity contribution is 5.80. The van der Waals surface area contributed by atoms with E-state index in [-0.39, 0.29) is 6.61 Å². The van der Waals surface area contributed by atoms with Gasteiger partial charge in [-0.15, -0.1) is 0 Å². The van der Waals surface area contributed by atoms with Crippen molar-refractivity contribution in [1.29, 1.82) is 0 Å². The number of unbranched alkanes of at least 4 members (excludes halogenated alkanes) is 28. The van der Waals surface area contributed by atoms with E-state index < -0.39 is 24.2 Å². The lowest BCUT2D eigenvalue weighted by Gasteiger charge is -2.21. The molecule has 3 atom stereocenters. The summed E-state index contributed by atoms with van der Waals surface area (Å²) in [5.74, 6) is -0.515. The minimum absolute atomic E-state index is 0.379. The fourth-order valence-electron chi connectivity index (χ4n) is 6.69. The van der Waals surface area contributed by atoms with E-state index in [1.54, 1.807) is 6.08 Å². The van der Waals surface area contributed by atoms with Crippen LogP contribution in [0.1, 0.15) is 226 Å². The largest absolute Gasteiger partial charge is 0.394 e. The summed E-state index contributed by atoms with van der Waals surface area (Å²) in [4.78, 5) is 12.5. The third kappa shape index (κ3) is 36.7. The number of carbonyl (C=O) groups is 1. The first-order chi connectivity index (χ1) is 25.1. The normalized spacial score (nSPS) is 13.9. The smallest absolute Gasteiger partial charge is 0.249 e. The van der Waals surface area contributed by atoms with Gasteiger partial charge in [0.15, 0.2) is 0 Å². The van der Waals surface area contributed by atoms with Crippen LogP contribution in [0.3, 0.4) is 0 Å². The molecular formula is C46H87NO4. The van der Waals surface area contributed by atoms with Crippen molar-refractivity contribution >= 4 is 5.91 Å². The number of allylic oxidation sites excluding steroid dienone is 5. The van der Waals surface area contributed by atoms with Gasteiger partial charge in [-0.1, -0.05) is 217 Å². The highest BCUT2D eigenvalue weighted by atomic mass is 16.3. The number of aliphatic hydroxyl groups excluding tert-OH is 3. The molecule has 0 aliphatic carbocycles. The Labute approximate surface area is 317 Å². The SMILES string of the molecule is CCCCCCCC/C=C/CC/C=C/CC/C=C/C(O)C(CO)NC(=O)C(O)CCCCCCCCCCCCCCCCCCCCCCC. The summed E-state index contributed by atoms with van der Waals surface area (Å²) in [5.41, 5.74) is 0. The molecule has 0 aromatic carbocycles. The fraction of sp³-hybridized carbons (Fsp3) is 0.848. The van der Waals surface area contributed by atoms with Gasteiger partial charge in [0.05, 0.1) is 18.8 Å². The average Bonchev–Trinajstić information content (AvgIpc) is 3.13. The van der Waals surface area contributed by atoms with Crippen LogP contribution in [0.2, 0.25) is 0 Å². The molecule has 3 unspecified atom stereocenters. The molecule has 0 bridgehead atoms. The van der Waals surface area contributed by atoms with Crippen LogP contribution in [0.25, 0.3) is 0 Å². The lowest BCUT2D eigenvalue weighted by molar-refractivity contribution is -0.131. The van der Waals surface area contributed by atoms with E-state index in [1.807, 2.05) is 6.08 Å². The monoisotopic (exact) mass is 718 g/mol. The second kappa shape index (κ2) is 41.3. The van der Waals surface area contributed by atoms with Gasteiger partial charge < -0.3 is 20.6 Å². The first-order valence-corrected chi connectivity index (χ1v) is 22.3. The molecule has 5 nitrogen and oxygen atoms in total. The summed E-state index contributed by atoms with van der Waals surface area (Å²) in [5, 5.41) is 33.1. The van der Waals surface area contributed by atoms with Crippen molar-refractivity contribution in [2.75, 3.05) is 6.61 Å². The molecule has 0 aliphatic rings. The first kappa shape index (κ1) is 49.6. The van der Waals surface area contributed by atoms with Crippen LogP contribution in [0, 0.1) is 0 Å². The molecule has 0 aromatic rings. The maximum Gasteiger partial charge on any atom is 0.249 e. The Morgan fingerprint density at radius 3 is 1.20 bits per heavy atom. The maximum absolute atomic E-state index is 12.5. The lowest BCUT2D eigenvalue weighted by atomic mass is 10.0. The summed E-state index contributed by atoms with van der Waals surface area (Å²) in [6.45, 7) is 4.16. The minimum atomic E-state index is -1.11. The number of nitrogens with one attached hydrogen (secondary N) is 1. The molecule has 300 valence electrons. The third-order valence-corrected chi connectivity index (χ3v) is 10.2. The van der Waals surface area contributed by atoms with Crippen molar-refractivity contribution in [3.05, 3.63) is 36.5 Å².